The van der Waals surface area contributed by atoms with Crippen LogP contribution in [0.3, 0.4) is 0 Å². The second-order valence-corrected chi connectivity index (χ2v) is 5.38. The van der Waals surface area contributed by atoms with Crippen LogP contribution < -0.4 is 11.1 Å². The van der Waals surface area contributed by atoms with E-state index in [1.807, 2.05) is 30.3 Å². The first-order chi connectivity index (χ1) is 9.61. The lowest BCUT2D eigenvalue weighted by molar-refractivity contribution is 0.101. The summed E-state index contributed by atoms with van der Waals surface area (Å²) >= 11 is 1.63. The first-order valence-electron chi connectivity index (χ1n) is 6.17. The maximum absolute atomic E-state index is 12.3. The molecule has 0 bridgehead atoms. The number of nitrogens with one attached hydrogen (secondary N) is 1. The molecule has 0 radical (unpaired) electrons. The fourth-order valence-electron chi connectivity index (χ4n) is 1.85. The largest absolute Gasteiger partial charge is 0.397 e. The Balaban J connectivity index is 2.19. The molecule has 0 fully saturated rings. The van der Waals surface area contributed by atoms with Gasteiger partial charge in [-0.15, -0.1) is 18.3 Å². The van der Waals surface area contributed by atoms with Gasteiger partial charge in [0, 0.05) is 23.9 Å². The Kier molecular flexibility index (Phi) is 4.53. The maximum Gasteiger partial charge on any atom is 0.272 e. The van der Waals surface area contributed by atoms with Crippen molar-refractivity contribution in [3.05, 3.63) is 54.9 Å². The van der Waals surface area contributed by atoms with Crippen molar-refractivity contribution >= 4 is 29.0 Å². The molecule has 0 unspecified atom stereocenters. The zero-order chi connectivity index (χ0) is 14.5. The Hall–Kier alpha value is -2.14. The molecule has 5 heteroatoms. The summed E-state index contributed by atoms with van der Waals surface area (Å²) in [6.07, 6.45) is 3.55. The van der Waals surface area contributed by atoms with Crippen molar-refractivity contribution in [2.75, 3.05) is 16.8 Å². The predicted octanol–water partition coefficient (Wildman–Crippen LogP) is 3.14. The molecule has 0 aliphatic carbocycles. The first-order valence-corrected chi connectivity index (χ1v) is 7.16. The number of anilines is 2. The van der Waals surface area contributed by atoms with Crippen molar-refractivity contribution in [1.29, 1.82) is 0 Å². The number of aryl methyl sites for hydroxylation is 1. The standard InChI is InChI=1S/C15H17N3OS/c1-3-8-20-14-7-5-4-6-12(14)17-15(19)13-9-11(16)10-18(13)2/h3-7,9-10H,1,8,16H2,2H3,(H,17,19). The van der Waals surface area contributed by atoms with Gasteiger partial charge in [-0.1, -0.05) is 18.2 Å². The highest BCUT2D eigenvalue weighted by atomic mass is 32.2. The number of thioether (sulfide) groups is 1. The molecule has 0 atom stereocenters. The van der Waals surface area contributed by atoms with Gasteiger partial charge in [-0.3, -0.25) is 4.79 Å². The number of carbonyl (C=O) groups excluding carboxylic acids is 1. The molecular weight excluding hydrogens is 270 g/mol. The molecule has 2 aromatic rings. The third kappa shape index (κ3) is 3.24. The average molecular weight is 287 g/mol. The van der Waals surface area contributed by atoms with E-state index in [0.717, 1.165) is 16.3 Å². The highest BCUT2D eigenvalue weighted by Crippen LogP contribution is 2.27. The number of benzene rings is 1. The van der Waals surface area contributed by atoms with Gasteiger partial charge in [-0.05, 0) is 18.2 Å². The van der Waals surface area contributed by atoms with Crippen LogP contribution in [-0.2, 0) is 7.05 Å². The van der Waals surface area contributed by atoms with Crippen LogP contribution in [0, 0.1) is 0 Å². The van der Waals surface area contributed by atoms with E-state index in [-0.39, 0.29) is 5.91 Å². The summed E-state index contributed by atoms with van der Waals surface area (Å²) in [6.45, 7) is 3.70. The van der Waals surface area contributed by atoms with Crippen LogP contribution in [0.15, 0.2) is 54.1 Å². The molecule has 0 aliphatic heterocycles. The Morgan fingerprint density at radius 1 is 1.50 bits per heavy atom. The summed E-state index contributed by atoms with van der Waals surface area (Å²) in [7, 11) is 1.80. The van der Waals surface area contributed by atoms with Gasteiger partial charge in [0.05, 0.1) is 11.4 Å². The van der Waals surface area contributed by atoms with Gasteiger partial charge < -0.3 is 15.6 Å². The number of nitrogens with two attached hydrogens (primary N) is 1. The minimum absolute atomic E-state index is 0.171. The van der Waals surface area contributed by atoms with Crippen molar-refractivity contribution in [2.45, 2.75) is 4.90 Å². The predicted molar refractivity (Wildman–Crippen MR) is 85.1 cm³/mol. The van der Waals surface area contributed by atoms with Gasteiger partial charge in [0.15, 0.2) is 0 Å². The number of amides is 1. The number of carbonyl (C=O) groups is 1. The van der Waals surface area contributed by atoms with E-state index in [4.69, 9.17) is 5.73 Å². The van der Waals surface area contributed by atoms with Crippen LogP contribution in [0.2, 0.25) is 0 Å². The SMILES string of the molecule is C=CCSc1ccccc1NC(=O)c1cc(N)cn1C. The summed E-state index contributed by atoms with van der Waals surface area (Å²) < 4.78 is 1.71. The third-order valence-electron chi connectivity index (χ3n) is 2.75. The van der Waals surface area contributed by atoms with Crippen molar-refractivity contribution < 1.29 is 4.79 Å². The smallest absolute Gasteiger partial charge is 0.272 e. The van der Waals surface area contributed by atoms with Gasteiger partial charge in [0.2, 0.25) is 0 Å². The molecule has 0 saturated heterocycles. The quantitative estimate of drug-likeness (QED) is 0.656. The average Bonchev–Trinajstić information content (AvgIpc) is 2.77. The van der Waals surface area contributed by atoms with Crippen LogP contribution in [0.4, 0.5) is 11.4 Å². The number of aromatic nitrogens is 1. The highest BCUT2D eigenvalue weighted by molar-refractivity contribution is 7.99. The van der Waals surface area contributed by atoms with Gasteiger partial charge in [0.25, 0.3) is 5.91 Å². The van der Waals surface area contributed by atoms with E-state index in [1.54, 1.807) is 35.6 Å². The molecule has 20 heavy (non-hydrogen) atoms. The van der Waals surface area contributed by atoms with Gasteiger partial charge in [-0.25, -0.2) is 0 Å². The normalized spacial score (nSPS) is 10.2. The van der Waals surface area contributed by atoms with E-state index in [2.05, 4.69) is 11.9 Å². The van der Waals surface area contributed by atoms with Gasteiger partial charge >= 0.3 is 0 Å². The van der Waals surface area contributed by atoms with Gasteiger partial charge in [0.1, 0.15) is 5.69 Å². The monoisotopic (exact) mass is 287 g/mol. The second kappa shape index (κ2) is 6.34. The lowest BCUT2D eigenvalue weighted by Crippen LogP contribution is -2.15. The molecule has 1 aromatic heterocycles. The number of nitrogen functional groups attached to an aromatic ring is 1. The lowest BCUT2D eigenvalue weighted by atomic mass is 10.3. The van der Waals surface area contributed by atoms with Crippen molar-refractivity contribution in [2.24, 2.45) is 7.05 Å². The summed E-state index contributed by atoms with van der Waals surface area (Å²) in [5.41, 5.74) is 7.59. The Morgan fingerprint density at radius 3 is 2.90 bits per heavy atom. The Labute approximate surface area is 122 Å². The maximum atomic E-state index is 12.3. The van der Waals surface area contributed by atoms with Crippen LogP contribution in [0.5, 0.6) is 0 Å². The Morgan fingerprint density at radius 2 is 2.25 bits per heavy atom. The zero-order valence-corrected chi connectivity index (χ0v) is 12.1. The van der Waals surface area contributed by atoms with E-state index >= 15 is 0 Å². The molecular formula is C15H17N3OS. The highest BCUT2D eigenvalue weighted by Gasteiger charge is 2.12. The van der Waals surface area contributed by atoms with E-state index in [1.165, 1.54) is 0 Å². The molecule has 0 aliphatic rings. The van der Waals surface area contributed by atoms with Crippen molar-refractivity contribution in [3.63, 3.8) is 0 Å². The number of nitrogens with zero attached hydrogens (tertiary/aromatic N) is 1. The molecule has 1 heterocycles. The van der Waals surface area contributed by atoms with Crippen LogP contribution >= 0.6 is 11.8 Å². The number of hydrogen-bond donors (Lipinski definition) is 2. The molecule has 104 valence electrons. The topological polar surface area (TPSA) is 60.1 Å². The number of para-hydroxylation sites is 1. The molecule has 1 aromatic carbocycles. The lowest BCUT2D eigenvalue weighted by Gasteiger charge is -2.10. The molecule has 2 rings (SSSR count). The molecule has 1 amide bonds. The fraction of sp³-hybridized carbons (Fsp3) is 0.133. The molecule has 0 saturated carbocycles. The van der Waals surface area contributed by atoms with E-state index in [0.29, 0.717) is 11.4 Å². The fourth-order valence-corrected chi connectivity index (χ4v) is 2.59. The molecule has 0 spiro atoms. The van der Waals surface area contributed by atoms with Crippen LogP contribution in [0.25, 0.3) is 0 Å². The summed E-state index contributed by atoms with van der Waals surface area (Å²) in [5.74, 6) is 0.625. The molecule has 3 N–H and O–H groups in total. The summed E-state index contributed by atoms with van der Waals surface area (Å²) in [4.78, 5) is 13.3. The zero-order valence-electron chi connectivity index (χ0n) is 11.3. The van der Waals surface area contributed by atoms with E-state index < -0.39 is 0 Å². The first kappa shape index (κ1) is 14.3. The summed E-state index contributed by atoms with van der Waals surface area (Å²) in [6, 6.07) is 9.36. The number of hydrogen-bond acceptors (Lipinski definition) is 3. The van der Waals surface area contributed by atoms with Crippen LogP contribution in [0.1, 0.15) is 10.5 Å². The minimum Gasteiger partial charge on any atom is -0.397 e. The molecule has 4 nitrogen and oxygen atoms in total. The van der Waals surface area contributed by atoms with Crippen molar-refractivity contribution in [1.82, 2.24) is 4.57 Å². The minimum atomic E-state index is -0.171. The summed E-state index contributed by atoms with van der Waals surface area (Å²) in [5, 5.41) is 2.92. The van der Waals surface area contributed by atoms with Crippen LogP contribution in [-0.4, -0.2) is 16.2 Å². The van der Waals surface area contributed by atoms with E-state index in [9.17, 15) is 4.79 Å². The van der Waals surface area contributed by atoms with Gasteiger partial charge in [-0.2, -0.15) is 0 Å². The Bertz CT molecular complexity index is 634. The van der Waals surface area contributed by atoms with Crippen molar-refractivity contribution in [3.8, 4) is 0 Å². The second-order valence-electron chi connectivity index (χ2n) is 4.32. The third-order valence-corrected chi connectivity index (χ3v) is 3.82. The number of rotatable bonds is 5.